The Bertz CT molecular complexity index is 991. The van der Waals surface area contributed by atoms with Crippen molar-refractivity contribution in [2.45, 2.75) is 76.9 Å². The van der Waals surface area contributed by atoms with E-state index in [9.17, 15) is 9.59 Å². The monoisotopic (exact) mass is 500 g/mol. The minimum Gasteiger partial charge on any atom is -0.493 e. The Morgan fingerprint density at radius 2 is 1.77 bits per heavy atom. The number of rotatable bonds is 11. The lowest BCUT2D eigenvalue weighted by atomic mass is 9.95. The van der Waals surface area contributed by atoms with Crippen LogP contribution in [0.25, 0.3) is 0 Å². The summed E-state index contributed by atoms with van der Waals surface area (Å²) in [7, 11) is 3.19. The number of ether oxygens (including phenoxy) is 2. The van der Waals surface area contributed by atoms with Gasteiger partial charge in [-0.3, -0.25) is 9.59 Å². The van der Waals surface area contributed by atoms with E-state index in [1.165, 1.54) is 6.42 Å². The van der Waals surface area contributed by atoms with Crippen molar-refractivity contribution in [1.82, 2.24) is 10.2 Å². The number of halogens is 1. The Labute approximate surface area is 213 Å². The van der Waals surface area contributed by atoms with E-state index in [0.29, 0.717) is 35.9 Å². The molecule has 35 heavy (non-hydrogen) atoms. The van der Waals surface area contributed by atoms with Crippen molar-refractivity contribution in [1.29, 1.82) is 0 Å². The summed E-state index contributed by atoms with van der Waals surface area (Å²) >= 11 is 6.43. The van der Waals surface area contributed by atoms with Gasteiger partial charge in [0.25, 0.3) is 0 Å². The number of carbonyl (C=O) groups excluding carboxylic acids is 2. The standard InChI is InChI=1S/C28H37ClN2O4/c1-4-24(28(33)30-22-11-6-5-7-12-22)31(19-21-10-8-9-13-23(21)29)27(32)17-15-20-14-16-25(34-2)26(18-20)35-3/h8-10,13-14,16,18,22,24H,4-7,11-12,15,17,19H2,1-3H3,(H,30,33)/t24-/m1/s1. The van der Waals surface area contributed by atoms with Crippen molar-refractivity contribution in [3.05, 3.63) is 58.6 Å². The molecule has 7 heteroatoms. The molecule has 3 rings (SSSR count). The molecule has 0 bridgehead atoms. The molecule has 1 aliphatic rings. The fraction of sp³-hybridized carbons (Fsp3) is 0.500. The lowest BCUT2D eigenvalue weighted by Crippen LogP contribution is -2.51. The molecule has 2 aromatic carbocycles. The van der Waals surface area contributed by atoms with E-state index >= 15 is 0 Å². The molecule has 0 aromatic heterocycles. The number of nitrogens with zero attached hydrogens (tertiary/aromatic N) is 1. The highest BCUT2D eigenvalue weighted by molar-refractivity contribution is 6.31. The van der Waals surface area contributed by atoms with Crippen LogP contribution in [-0.4, -0.2) is 43.0 Å². The van der Waals surface area contributed by atoms with Gasteiger partial charge < -0.3 is 19.7 Å². The zero-order valence-electron chi connectivity index (χ0n) is 21.0. The average molecular weight is 501 g/mol. The molecule has 0 saturated heterocycles. The van der Waals surface area contributed by atoms with Crippen molar-refractivity contribution in [2.75, 3.05) is 14.2 Å². The molecule has 1 saturated carbocycles. The second-order valence-electron chi connectivity index (χ2n) is 9.07. The Balaban J connectivity index is 1.77. The van der Waals surface area contributed by atoms with E-state index in [4.69, 9.17) is 21.1 Å². The zero-order chi connectivity index (χ0) is 25.2. The highest BCUT2D eigenvalue weighted by atomic mass is 35.5. The van der Waals surface area contributed by atoms with Crippen LogP contribution in [0.4, 0.5) is 0 Å². The molecule has 0 unspecified atom stereocenters. The van der Waals surface area contributed by atoms with E-state index in [1.807, 2.05) is 49.4 Å². The number of methoxy groups -OCH3 is 2. The van der Waals surface area contributed by atoms with E-state index in [0.717, 1.165) is 36.8 Å². The topological polar surface area (TPSA) is 67.9 Å². The summed E-state index contributed by atoms with van der Waals surface area (Å²) in [5.74, 6) is 1.12. The third-order valence-electron chi connectivity index (χ3n) is 6.71. The van der Waals surface area contributed by atoms with Gasteiger partial charge in [-0.1, -0.05) is 62.1 Å². The first-order valence-electron chi connectivity index (χ1n) is 12.5. The molecule has 1 aliphatic carbocycles. The van der Waals surface area contributed by atoms with Gasteiger partial charge in [-0.2, -0.15) is 0 Å². The predicted molar refractivity (Wildman–Crippen MR) is 139 cm³/mol. The van der Waals surface area contributed by atoms with Crippen molar-refractivity contribution in [2.24, 2.45) is 0 Å². The molecule has 0 aliphatic heterocycles. The molecule has 0 radical (unpaired) electrons. The summed E-state index contributed by atoms with van der Waals surface area (Å²) in [6.45, 7) is 2.24. The van der Waals surface area contributed by atoms with Crippen molar-refractivity contribution in [3.63, 3.8) is 0 Å². The third-order valence-corrected chi connectivity index (χ3v) is 7.08. The Kier molecular flexibility index (Phi) is 10.3. The van der Waals surface area contributed by atoms with Gasteiger partial charge in [0.15, 0.2) is 11.5 Å². The molecule has 190 valence electrons. The zero-order valence-corrected chi connectivity index (χ0v) is 21.8. The Morgan fingerprint density at radius 3 is 2.43 bits per heavy atom. The minimum atomic E-state index is -0.550. The normalized spacial score (nSPS) is 14.7. The predicted octanol–water partition coefficient (Wildman–Crippen LogP) is 5.55. The van der Waals surface area contributed by atoms with Gasteiger partial charge in [0.2, 0.25) is 11.8 Å². The molecule has 6 nitrogen and oxygen atoms in total. The van der Waals surface area contributed by atoms with Crippen molar-refractivity contribution in [3.8, 4) is 11.5 Å². The summed E-state index contributed by atoms with van der Waals surface area (Å²) in [6.07, 6.45) is 6.82. The number of amides is 2. The van der Waals surface area contributed by atoms with Gasteiger partial charge in [0.1, 0.15) is 6.04 Å². The highest BCUT2D eigenvalue weighted by Gasteiger charge is 2.30. The summed E-state index contributed by atoms with van der Waals surface area (Å²) in [4.78, 5) is 28.6. The number of carbonyl (C=O) groups is 2. The maximum absolute atomic E-state index is 13.6. The van der Waals surface area contributed by atoms with Crippen LogP contribution in [0.3, 0.4) is 0 Å². The van der Waals surface area contributed by atoms with Crippen LogP contribution in [-0.2, 0) is 22.6 Å². The van der Waals surface area contributed by atoms with Crippen LogP contribution in [0.5, 0.6) is 11.5 Å². The van der Waals surface area contributed by atoms with Crippen LogP contribution in [0.1, 0.15) is 63.0 Å². The summed E-state index contributed by atoms with van der Waals surface area (Å²) in [5, 5.41) is 3.80. The van der Waals surface area contributed by atoms with Gasteiger partial charge in [-0.25, -0.2) is 0 Å². The molecular weight excluding hydrogens is 464 g/mol. The fourth-order valence-electron chi connectivity index (χ4n) is 4.70. The first kappa shape index (κ1) is 26.9. The minimum absolute atomic E-state index is 0.0779. The van der Waals surface area contributed by atoms with Crippen LogP contribution in [0, 0.1) is 0 Å². The number of nitrogens with one attached hydrogen (secondary N) is 1. The van der Waals surface area contributed by atoms with E-state index in [2.05, 4.69) is 5.32 Å². The first-order chi connectivity index (χ1) is 17.0. The molecule has 0 spiro atoms. The summed E-state index contributed by atoms with van der Waals surface area (Å²) in [6, 6.07) is 12.8. The van der Waals surface area contributed by atoms with Gasteiger partial charge in [0.05, 0.1) is 14.2 Å². The molecule has 1 fully saturated rings. The van der Waals surface area contributed by atoms with Gasteiger partial charge >= 0.3 is 0 Å². The second-order valence-corrected chi connectivity index (χ2v) is 9.48. The van der Waals surface area contributed by atoms with E-state index in [-0.39, 0.29) is 24.3 Å². The molecule has 2 amide bonds. The Morgan fingerprint density at radius 1 is 1.06 bits per heavy atom. The lowest BCUT2D eigenvalue weighted by Gasteiger charge is -2.33. The molecule has 0 heterocycles. The smallest absolute Gasteiger partial charge is 0.243 e. The average Bonchev–Trinajstić information content (AvgIpc) is 2.88. The maximum Gasteiger partial charge on any atom is 0.243 e. The molecular formula is C28H37ClN2O4. The van der Waals surface area contributed by atoms with Gasteiger partial charge in [-0.15, -0.1) is 0 Å². The highest BCUT2D eigenvalue weighted by Crippen LogP contribution is 2.28. The quantitative estimate of drug-likeness (QED) is 0.439. The molecule has 1 N–H and O–H groups in total. The van der Waals surface area contributed by atoms with Gasteiger partial charge in [0, 0.05) is 24.0 Å². The number of hydrogen-bond donors (Lipinski definition) is 1. The summed E-state index contributed by atoms with van der Waals surface area (Å²) < 4.78 is 10.7. The first-order valence-corrected chi connectivity index (χ1v) is 12.9. The van der Waals surface area contributed by atoms with Crippen molar-refractivity contribution < 1.29 is 19.1 Å². The number of benzene rings is 2. The lowest BCUT2D eigenvalue weighted by molar-refractivity contribution is -0.141. The molecule has 1 atom stereocenters. The maximum atomic E-state index is 13.6. The third kappa shape index (κ3) is 7.38. The summed E-state index contributed by atoms with van der Waals surface area (Å²) in [5.41, 5.74) is 1.80. The molecule has 2 aromatic rings. The SMILES string of the molecule is CC[C@H](C(=O)NC1CCCCC1)N(Cc1ccccc1Cl)C(=O)CCc1ccc(OC)c(OC)c1. The number of aryl methyl sites for hydroxylation is 1. The van der Waals surface area contributed by atoms with Crippen LogP contribution in [0.15, 0.2) is 42.5 Å². The van der Waals surface area contributed by atoms with E-state index < -0.39 is 6.04 Å². The van der Waals surface area contributed by atoms with E-state index in [1.54, 1.807) is 19.1 Å². The Hall–Kier alpha value is -2.73. The van der Waals surface area contributed by atoms with Crippen LogP contribution < -0.4 is 14.8 Å². The van der Waals surface area contributed by atoms with Gasteiger partial charge in [-0.05, 0) is 55.0 Å². The van der Waals surface area contributed by atoms with Crippen LogP contribution in [0.2, 0.25) is 5.02 Å². The second kappa shape index (κ2) is 13.4. The van der Waals surface area contributed by atoms with Crippen molar-refractivity contribution >= 4 is 23.4 Å². The largest absolute Gasteiger partial charge is 0.493 e. The fourth-order valence-corrected chi connectivity index (χ4v) is 4.90. The number of hydrogen-bond acceptors (Lipinski definition) is 4. The van der Waals surface area contributed by atoms with Crippen LogP contribution >= 0.6 is 11.6 Å².